The Hall–Kier alpha value is -0.670. The number of halogens is 2. The first-order chi connectivity index (χ1) is 6.53. The lowest BCUT2D eigenvalue weighted by molar-refractivity contribution is 0.428. The van der Waals surface area contributed by atoms with Crippen LogP contribution in [0.3, 0.4) is 0 Å². The first kappa shape index (κ1) is 11.4. The second-order valence-corrected chi connectivity index (χ2v) is 4.15. The van der Waals surface area contributed by atoms with Crippen LogP contribution < -0.4 is 5.32 Å². The number of nitrogens with zero attached hydrogens (tertiary/aromatic N) is 1. The van der Waals surface area contributed by atoms with Gasteiger partial charge in [-0.15, -0.1) is 11.6 Å². The van der Waals surface area contributed by atoms with Gasteiger partial charge in [0.15, 0.2) is 0 Å². The van der Waals surface area contributed by atoms with E-state index >= 15 is 0 Å². The Balaban J connectivity index is 2.54. The van der Waals surface area contributed by atoms with E-state index in [0.717, 1.165) is 5.56 Å². The predicted molar refractivity (Wildman–Crippen MR) is 55.8 cm³/mol. The standard InChI is InChI=1S/C10H14ClFN2/c1-10(2,7-11)14-5-8-3-9(12)6-13-4-8/h3-4,6,14H,5,7H2,1-2H3. The highest BCUT2D eigenvalue weighted by atomic mass is 35.5. The summed E-state index contributed by atoms with van der Waals surface area (Å²) in [6, 6.07) is 1.46. The molecule has 0 unspecified atom stereocenters. The molecule has 78 valence electrons. The summed E-state index contributed by atoms with van der Waals surface area (Å²) < 4.78 is 12.8. The molecule has 0 saturated heterocycles. The molecule has 0 aromatic carbocycles. The molecule has 0 aliphatic rings. The van der Waals surface area contributed by atoms with Crippen molar-refractivity contribution in [1.29, 1.82) is 0 Å². The summed E-state index contributed by atoms with van der Waals surface area (Å²) in [5.74, 6) is 0.198. The molecule has 1 heterocycles. The number of pyridine rings is 1. The Kier molecular flexibility index (Phi) is 3.84. The van der Waals surface area contributed by atoms with E-state index in [0.29, 0.717) is 12.4 Å². The third-order valence-electron chi connectivity index (χ3n) is 1.87. The van der Waals surface area contributed by atoms with Gasteiger partial charge in [-0.1, -0.05) is 0 Å². The number of hydrogen-bond acceptors (Lipinski definition) is 2. The molecule has 0 spiro atoms. The van der Waals surface area contributed by atoms with Crippen molar-refractivity contribution in [2.45, 2.75) is 25.9 Å². The van der Waals surface area contributed by atoms with Gasteiger partial charge in [-0.2, -0.15) is 0 Å². The molecule has 0 fully saturated rings. The average molecular weight is 217 g/mol. The van der Waals surface area contributed by atoms with Crippen molar-refractivity contribution < 1.29 is 4.39 Å². The van der Waals surface area contributed by atoms with E-state index in [1.807, 2.05) is 13.8 Å². The smallest absolute Gasteiger partial charge is 0.141 e. The first-order valence-electron chi connectivity index (χ1n) is 4.44. The van der Waals surface area contributed by atoms with Gasteiger partial charge in [0.1, 0.15) is 5.82 Å². The molecule has 1 aromatic heterocycles. The van der Waals surface area contributed by atoms with Gasteiger partial charge in [-0.25, -0.2) is 4.39 Å². The van der Waals surface area contributed by atoms with Crippen molar-refractivity contribution in [3.63, 3.8) is 0 Å². The van der Waals surface area contributed by atoms with E-state index in [4.69, 9.17) is 11.6 Å². The van der Waals surface area contributed by atoms with Gasteiger partial charge in [0.2, 0.25) is 0 Å². The predicted octanol–water partition coefficient (Wildman–Crippen LogP) is 2.33. The SMILES string of the molecule is CC(C)(CCl)NCc1cncc(F)c1. The molecule has 1 aromatic rings. The number of alkyl halides is 1. The number of nitrogens with one attached hydrogen (secondary N) is 1. The minimum absolute atomic E-state index is 0.145. The molecule has 0 amide bonds. The zero-order chi connectivity index (χ0) is 10.6. The summed E-state index contributed by atoms with van der Waals surface area (Å²) in [6.07, 6.45) is 2.83. The third-order valence-corrected chi connectivity index (χ3v) is 2.53. The lowest BCUT2D eigenvalue weighted by Crippen LogP contribution is -2.40. The van der Waals surface area contributed by atoms with Crippen molar-refractivity contribution >= 4 is 11.6 Å². The minimum Gasteiger partial charge on any atom is -0.306 e. The third kappa shape index (κ3) is 3.60. The van der Waals surface area contributed by atoms with Gasteiger partial charge in [0.05, 0.1) is 6.20 Å². The van der Waals surface area contributed by atoms with E-state index in [2.05, 4.69) is 10.3 Å². The molecule has 14 heavy (non-hydrogen) atoms. The van der Waals surface area contributed by atoms with Crippen LogP contribution in [0.1, 0.15) is 19.4 Å². The van der Waals surface area contributed by atoms with E-state index < -0.39 is 0 Å². The molecule has 1 N–H and O–H groups in total. The van der Waals surface area contributed by atoms with Gasteiger partial charge in [-0.05, 0) is 25.5 Å². The van der Waals surface area contributed by atoms with E-state index in [1.54, 1.807) is 6.20 Å². The van der Waals surface area contributed by atoms with E-state index in [-0.39, 0.29) is 11.4 Å². The summed E-state index contributed by atoms with van der Waals surface area (Å²) in [5.41, 5.74) is 0.677. The van der Waals surface area contributed by atoms with Crippen LogP contribution in [0.4, 0.5) is 4.39 Å². The Morgan fingerprint density at radius 1 is 1.50 bits per heavy atom. The normalized spacial score (nSPS) is 11.7. The molecule has 1 rings (SSSR count). The van der Waals surface area contributed by atoms with Crippen LogP contribution in [-0.4, -0.2) is 16.4 Å². The fraction of sp³-hybridized carbons (Fsp3) is 0.500. The highest BCUT2D eigenvalue weighted by Gasteiger charge is 2.14. The van der Waals surface area contributed by atoms with Crippen LogP contribution in [0.25, 0.3) is 0 Å². The van der Waals surface area contributed by atoms with Crippen LogP contribution >= 0.6 is 11.6 Å². The van der Waals surface area contributed by atoms with Gasteiger partial charge >= 0.3 is 0 Å². The lowest BCUT2D eigenvalue weighted by Gasteiger charge is -2.23. The quantitative estimate of drug-likeness (QED) is 0.782. The van der Waals surface area contributed by atoms with Crippen LogP contribution in [-0.2, 0) is 6.54 Å². The molecule has 2 nitrogen and oxygen atoms in total. The number of hydrogen-bond donors (Lipinski definition) is 1. The zero-order valence-corrected chi connectivity index (χ0v) is 9.11. The highest BCUT2D eigenvalue weighted by Crippen LogP contribution is 2.07. The van der Waals surface area contributed by atoms with Gasteiger partial charge in [0, 0.05) is 24.2 Å². The second-order valence-electron chi connectivity index (χ2n) is 3.88. The zero-order valence-electron chi connectivity index (χ0n) is 8.35. The largest absolute Gasteiger partial charge is 0.306 e. The summed E-state index contributed by atoms with van der Waals surface area (Å²) >= 11 is 5.74. The van der Waals surface area contributed by atoms with Crippen LogP contribution in [0.15, 0.2) is 18.5 Å². The van der Waals surface area contributed by atoms with Crippen molar-refractivity contribution in [3.8, 4) is 0 Å². The minimum atomic E-state index is -0.312. The molecule has 0 radical (unpaired) electrons. The maximum atomic E-state index is 12.8. The molecule has 4 heteroatoms. The van der Waals surface area contributed by atoms with Crippen molar-refractivity contribution in [2.75, 3.05) is 5.88 Å². The fourth-order valence-corrected chi connectivity index (χ4v) is 1.04. The first-order valence-corrected chi connectivity index (χ1v) is 4.97. The molecule has 0 atom stereocenters. The maximum absolute atomic E-state index is 12.8. The summed E-state index contributed by atoms with van der Waals surface area (Å²) in [5, 5.41) is 3.21. The number of rotatable bonds is 4. The average Bonchev–Trinajstić information content (AvgIpc) is 2.15. The Morgan fingerprint density at radius 3 is 2.79 bits per heavy atom. The van der Waals surface area contributed by atoms with Gasteiger partial charge in [-0.3, -0.25) is 4.98 Å². The van der Waals surface area contributed by atoms with Crippen molar-refractivity contribution in [1.82, 2.24) is 10.3 Å². The maximum Gasteiger partial charge on any atom is 0.141 e. The summed E-state index contributed by atoms with van der Waals surface area (Å²) in [6.45, 7) is 4.56. The fourth-order valence-electron chi connectivity index (χ4n) is 0.941. The van der Waals surface area contributed by atoms with E-state index in [9.17, 15) is 4.39 Å². The monoisotopic (exact) mass is 216 g/mol. The van der Waals surface area contributed by atoms with Crippen LogP contribution in [0.2, 0.25) is 0 Å². The molecular formula is C10H14ClFN2. The lowest BCUT2D eigenvalue weighted by atomic mass is 10.1. The molecule has 0 saturated carbocycles. The highest BCUT2D eigenvalue weighted by molar-refractivity contribution is 6.18. The Morgan fingerprint density at radius 2 is 2.21 bits per heavy atom. The Bertz CT molecular complexity index is 302. The van der Waals surface area contributed by atoms with Gasteiger partial charge < -0.3 is 5.32 Å². The molecule has 0 aliphatic heterocycles. The van der Waals surface area contributed by atoms with Crippen LogP contribution in [0, 0.1) is 5.82 Å². The van der Waals surface area contributed by atoms with Gasteiger partial charge in [0.25, 0.3) is 0 Å². The summed E-state index contributed by atoms with van der Waals surface area (Å²) in [4.78, 5) is 3.76. The summed E-state index contributed by atoms with van der Waals surface area (Å²) in [7, 11) is 0. The second kappa shape index (κ2) is 4.71. The van der Waals surface area contributed by atoms with Crippen molar-refractivity contribution in [3.05, 3.63) is 29.8 Å². The Labute approximate surface area is 88.5 Å². The number of aromatic nitrogens is 1. The van der Waals surface area contributed by atoms with E-state index in [1.165, 1.54) is 12.3 Å². The topological polar surface area (TPSA) is 24.9 Å². The molecule has 0 bridgehead atoms. The van der Waals surface area contributed by atoms with Crippen molar-refractivity contribution in [2.24, 2.45) is 0 Å². The molecular weight excluding hydrogens is 203 g/mol. The molecule has 0 aliphatic carbocycles. The van der Waals surface area contributed by atoms with Crippen LogP contribution in [0.5, 0.6) is 0 Å².